The van der Waals surface area contributed by atoms with Crippen LogP contribution in [0.25, 0.3) is 0 Å². The van der Waals surface area contributed by atoms with Gasteiger partial charge in [-0.25, -0.2) is 4.98 Å². The van der Waals surface area contributed by atoms with Crippen LogP contribution in [-0.2, 0) is 24.1 Å². The van der Waals surface area contributed by atoms with Crippen LogP contribution in [0, 0.1) is 13.8 Å². The number of hydrogen-bond donors (Lipinski definition) is 3. The third-order valence-electron chi connectivity index (χ3n) is 2.86. The minimum absolute atomic E-state index is 0.0908. The van der Waals surface area contributed by atoms with Crippen LogP contribution in [0.3, 0.4) is 0 Å². The number of amides is 1. The van der Waals surface area contributed by atoms with E-state index in [-0.39, 0.29) is 6.42 Å². The highest BCUT2D eigenvalue weighted by Gasteiger charge is 2.09. The number of aromatic nitrogens is 5. The zero-order valence-electron chi connectivity index (χ0n) is 10.4. The molecule has 0 radical (unpaired) electrons. The Labute approximate surface area is 104 Å². The summed E-state index contributed by atoms with van der Waals surface area (Å²) in [6, 6.07) is 0. The minimum Gasteiger partial charge on any atom is -0.369 e. The summed E-state index contributed by atoms with van der Waals surface area (Å²) in [6.45, 7) is 4.02. The lowest BCUT2D eigenvalue weighted by Gasteiger charge is -1.95. The quantitative estimate of drug-likeness (QED) is 0.688. The first-order valence-corrected chi connectivity index (χ1v) is 5.75. The molecule has 96 valence electrons. The fourth-order valence-corrected chi connectivity index (χ4v) is 1.70. The normalized spacial score (nSPS) is 10.8. The number of carbonyl (C=O) groups excluding carboxylic acids is 1. The standard InChI is InChI=1S/C11H16N6O/c1-6-7(2)14-15-8(6)3-4-10-13-11(17-16-10)5-9(12)18/h3-5H2,1-2H3,(H2,12,18)(H,14,15)(H,13,16,17). The Morgan fingerprint density at radius 2 is 2.00 bits per heavy atom. The summed E-state index contributed by atoms with van der Waals surface area (Å²) in [6.07, 6.45) is 1.54. The van der Waals surface area contributed by atoms with E-state index in [4.69, 9.17) is 5.73 Å². The number of primary amides is 1. The van der Waals surface area contributed by atoms with Crippen molar-refractivity contribution in [2.75, 3.05) is 0 Å². The zero-order chi connectivity index (χ0) is 13.1. The summed E-state index contributed by atoms with van der Waals surface area (Å²) in [5, 5.41) is 13.9. The van der Waals surface area contributed by atoms with Gasteiger partial charge in [0.2, 0.25) is 5.91 Å². The van der Waals surface area contributed by atoms with Crippen LogP contribution in [0.4, 0.5) is 0 Å². The molecule has 0 aliphatic carbocycles. The fraction of sp³-hybridized carbons (Fsp3) is 0.455. The Morgan fingerprint density at radius 1 is 1.22 bits per heavy atom. The van der Waals surface area contributed by atoms with Crippen molar-refractivity contribution in [2.24, 2.45) is 5.73 Å². The Kier molecular flexibility index (Phi) is 3.40. The van der Waals surface area contributed by atoms with Gasteiger partial charge in [0.25, 0.3) is 0 Å². The lowest BCUT2D eigenvalue weighted by Crippen LogP contribution is -2.14. The number of aromatic amines is 2. The Hall–Kier alpha value is -2.18. The molecule has 7 nitrogen and oxygen atoms in total. The number of H-pyrrole nitrogens is 2. The number of rotatable bonds is 5. The van der Waals surface area contributed by atoms with E-state index in [1.54, 1.807) is 0 Å². The number of nitrogens with zero attached hydrogens (tertiary/aromatic N) is 3. The van der Waals surface area contributed by atoms with Crippen molar-refractivity contribution in [3.05, 3.63) is 28.6 Å². The van der Waals surface area contributed by atoms with Crippen molar-refractivity contribution in [1.29, 1.82) is 0 Å². The van der Waals surface area contributed by atoms with E-state index in [1.807, 2.05) is 13.8 Å². The molecule has 2 aromatic heterocycles. The summed E-state index contributed by atoms with van der Waals surface area (Å²) in [5.41, 5.74) is 8.35. The number of carbonyl (C=O) groups is 1. The van der Waals surface area contributed by atoms with Crippen molar-refractivity contribution >= 4 is 5.91 Å². The van der Waals surface area contributed by atoms with Gasteiger partial charge in [0.05, 0.1) is 12.1 Å². The van der Waals surface area contributed by atoms with Crippen molar-refractivity contribution in [2.45, 2.75) is 33.1 Å². The summed E-state index contributed by atoms with van der Waals surface area (Å²) >= 11 is 0. The van der Waals surface area contributed by atoms with Gasteiger partial charge in [-0.2, -0.15) is 10.2 Å². The molecular formula is C11H16N6O. The second kappa shape index (κ2) is 4.99. The topological polar surface area (TPSA) is 113 Å². The smallest absolute Gasteiger partial charge is 0.225 e. The molecule has 2 heterocycles. The molecule has 0 aromatic carbocycles. The molecule has 1 amide bonds. The first-order chi connectivity index (χ1) is 8.56. The average molecular weight is 248 g/mol. The largest absolute Gasteiger partial charge is 0.369 e. The Balaban J connectivity index is 1.96. The lowest BCUT2D eigenvalue weighted by molar-refractivity contribution is -0.117. The Bertz CT molecular complexity index is 556. The number of nitrogens with one attached hydrogen (secondary N) is 2. The predicted molar refractivity (Wildman–Crippen MR) is 64.8 cm³/mol. The highest BCUT2D eigenvalue weighted by Crippen LogP contribution is 2.10. The predicted octanol–water partition coefficient (Wildman–Crippen LogP) is -0.0424. The van der Waals surface area contributed by atoms with Gasteiger partial charge in [-0.05, 0) is 25.8 Å². The highest BCUT2D eigenvalue weighted by atomic mass is 16.1. The Morgan fingerprint density at radius 3 is 2.61 bits per heavy atom. The summed E-state index contributed by atoms with van der Waals surface area (Å²) in [7, 11) is 0. The van der Waals surface area contributed by atoms with Crippen molar-refractivity contribution in [1.82, 2.24) is 25.4 Å². The van der Waals surface area contributed by atoms with E-state index in [9.17, 15) is 4.79 Å². The van der Waals surface area contributed by atoms with Crippen LogP contribution in [0.2, 0.25) is 0 Å². The van der Waals surface area contributed by atoms with Crippen molar-refractivity contribution in [3.8, 4) is 0 Å². The van der Waals surface area contributed by atoms with Crippen LogP contribution >= 0.6 is 0 Å². The van der Waals surface area contributed by atoms with Gasteiger partial charge in [0, 0.05) is 12.1 Å². The van der Waals surface area contributed by atoms with Crippen LogP contribution in [0.15, 0.2) is 0 Å². The van der Waals surface area contributed by atoms with Crippen molar-refractivity contribution < 1.29 is 4.79 Å². The minimum atomic E-state index is -0.420. The molecule has 0 saturated heterocycles. The molecule has 2 aromatic rings. The maximum Gasteiger partial charge on any atom is 0.225 e. The van der Waals surface area contributed by atoms with Crippen LogP contribution in [-0.4, -0.2) is 31.3 Å². The fourth-order valence-electron chi connectivity index (χ4n) is 1.70. The lowest BCUT2D eigenvalue weighted by atomic mass is 10.1. The molecule has 0 fully saturated rings. The van der Waals surface area contributed by atoms with E-state index in [1.165, 1.54) is 5.56 Å². The van der Waals surface area contributed by atoms with E-state index >= 15 is 0 Å². The van der Waals surface area contributed by atoms with Gasteiger partial charge in [-0.1, -0.05) is 0 Å². The maximum atomic E-state index is 10.7. The molecule has 0 spiro atoms. The number of hydrogen-bond acceptors (Lipinski definition) is 4. The molecule has 0 aliphatic rings. The molecule has 0 bridgehead atoms. The second-order valence-corrected chi connectivity index (χ2v) is 4.26. The van der Waals surface area contributed by atoms with E-state index in [0.717, 1.165) is 17.8 Å². The average Bonchev–Trinajstić information content (AvgIpc) is 2.86. The third-order valence-corrected chi connectivity index (χ3v) is 2.86. The van der Waals surface area contributed by atoms with Gasteiger partial charge in [0.15, 0.2) is 5.82 Å². The number of aryl methyl sites for hydroxylation is 3. The molecular weight excluding hydrogens is 232 g/mol. The molecule has 18 heavy (non-hydrogen) atoms. The molecule has 4 N–H and O–H groups in total. The van der Waals surface area contributed by atoms with E-state index in [2.05, 4.69) is 25.4 Å². The SMILES string of the molecule is Cc1[nH]nc(CCc2n[nH]c(CC(N)=O)n2)c1C. The highest BCUT2D eigenvalue weighted by molar-refractivity contribution is 5.75. The van der Waals surface area contributed by atoms with Gasteiger partial charge in [-0.15, -0.1) is 0 Å². The van der Waals surface area contributed by atoms with Crippen molar-refractivity contribution in [3.63, 3.8) is 0 Å². The second-order valence-electron chi connectivity index (χ2n) is 4.26. The summed E-state index contributed by atoms with van der Waals surface area (Å²) in [4.78, 5) is 14.9. The van der Waals surface area contributed by atoms with E-state index < -0.39 is 5.91 Å². The molecule has 2 rings (SSSR count). The number of nitrogens with two attached hydrogens (primary N) is 1. The molecule has 0 unspecified atom stereocenters. The maximum absolute atomic E-state index is 10.7. The van der Waals surface area contributed by atoms with E-state index in [0.29, 0.717) is 18.1 Å². The van der Waals surface area contributed by atoms with Gasteiger partial charge < -0.3 is 5.73 Å². The van der Waals surface area contributed by atoms with Gasteiger partial charge in [-0.3, -0.25) is 15.0 Å². The molecule has 7 heteroatoms. The molecule has 0 saturated carbocycles. The van der Waals surface area contributed by atoms with Crippen LogP contribution in [0.5, 0.6) is 0 Å². The third kappa shape index (κ3) is 2.73. The van der Waals surface area contributed by atoms with Gasteiger partial charge >= 0.3 is 0 Å². The summed E-state index contributed by atoms with van der Waals surface area (Å²) < 4.78 is 0. The zero-order valence-corrected chi connectivity index (χ0v) is 10.4. The van der Waals surface area contributed by atoms with Gasteiger partial charge in [0.1, 0.15) is 5.82 Å². The monoisotopic (exact) mass is 248 g/mol. The first-order valence-electron chi connectivity index (χ1n) is 5.75. The van der Waals surface area contributed by atoms with Crippen LogP contribution < -0.4 is 5.73 Å². The first kappa shape index (κ1) is 12.3. The van der Waals surface area contributed by atoms with Crippen LogP contribution in [0.1, 0.15) is 28.6 Å². The molecule has 0 atom stereocenters. The summed E-state index contributed by atoms with van der Waals surface area (Å²) in [5.74, 6) is 0.759. The molecule has 0 aliphatic heterocycles.